The van der Waals surface area contributed by atoms with Crippen molar-refractivity contribution < 1.29 is 24.2 Å². The van der Waals surface area contributed by atoms with Crippen LogP contribution in [0.1, 0.15) is 47.7 Å². The van der Waals surface area contributed by atoms with Gasteiger partial charge in [-0.05, 0) is 40.1 Å². The number of ether oxygens (including phenoxy) is 1. The van der Waals surface area contributed by atoms with Gasteiger partial charge in [0.05, 0.1) is 12.5 Å². The van der Waals surface area contributed by atoms with E-state index >= 15 is 0 Å². The molecular formula is C26H26N2O5S. The molecule has 1 aliphatic rings. The van der Waals surface area contributed by atoms with Gasteiger partial charge in [0.25, 0.3) is 0 Å². The minimum absolute atomic E-state index is 0.0779. The van der Waals surface area contributed by atoms with Crippen molar-refractivity contribution in [3.63, 3.8) is 0 Å². The van der Waals surface area contributed by atoms with Crippen molar-refractivity contribution >= 4 is 29.3 Å². The first-order valence-corrected chi connectivity index (χ1v) is 12.0. The zero-order valence-electron chi connectivity index (χ0n) is 18.7. The topological polar surface area (TPSA) is 105 Å². The van der Waals surface area contributed by atoms with E-state index < -0.39 is 30.1 Å². The monoisotopic (exact) mass is 478 g/mol. The molecule has 1 heterocycles. The second-order valence-corrected chi connectivity index (χ2v) is 9.08. The molecule has 2 atom stereocenters. The highest BCUT2D eigenvalue weighted by Crippen LogP contribution is 2.44. The van der Waals surface area contributed by atoms with E-state index in [9.17, 15) is 19.5 Å². The maximum absolute atomic E-state index is 12.8. The van der Waals surface area contributed by atoms with Crippen LogP contribution in [0.15, 0.2) is 66.0 Å². The highest BCUT2D eigenvalue weighted by molar-refractivity contribution is 7.10. The lowest BCUT2D eigenvalue weighted by molar-refractivity contribution is -0.137. The van der Waals surface area contributed by atoms with Gasteiger partial charge in [-0.3, -0.25) is 9.59 Å². The third-order valence-electron chi connectivity index (χ3n) is 5.94. The van der Waals surface area contributed by atoms with Crippen molar-refractivity contribution in [2.24, 2.45) is 0 Å². The Morgan fingerprint density at radius 3 is 2.18 bits per heavy atom. The third kappa shape index (κ3) is 5.12. The Kier molecular flexibility index (Phi) is 7.27. The summed E-state index contributed by atoms with van der Waals surface area (Å²) < 4.78 is 5.54. The number of carbonyl (C=O) groups excluding carboxylic acids is 2. The number of nitrogens with one attached hydrogen (secondary N) is 2. The number of amides is 2. The quantitative estimate of drug-likeness (QED) is 0.414. The van der Waals surface area contributed by atoms with Gasteiger partial charge < -0.3 is 20.5 Å². The molecule has 3 aromatic rings. The summed E-state index contributed by atoms with van der Waals surface area (Å²) in [6.45, 7) is 1.92. The molecule has 3 N–H and O–H groups in total. The Morgan fingerprint density at radius 1 is 0.971 bits per heavy atom. The molecule has 0 aliphatic heterocycles. The van der Waals surface area contributed by atoms with Crippen LogP contribution >= 0.6 is 11.3 Å². The second-order valence-electron chi connectivity index (χ2n) is 8.11. The molecule has 2 amide bonds. The summed E-state index contributed by atoms with van der Waals surface area (Å²) >= 11 is 1.37. The molecule has 4 rings (SSSR count). The number of benzene rings is 2. The van der Waals surface area contributed by atoms with Gasteiger partial charge >= 0.3 is 12.1 Å². The average molecular weight is 479 g/mol. The highest BCUT2D eigenvalue weighted by Gasteiger charge is 2.30. The van der Waals surface area contributed by atoms with Crippen LogP contribution in [0.2, 0.25) is 0 Å². The van der Waals surface area contributed by atoms with Crippen LogP contribution in [-0.2, 0) is 14.3 Å². The normalized spacial score (nSPS) is 13.9. The van der Waals surface area contributed by atoms with Crippen LogP contribution in [-0.4, -0.2) is 35.7 Å². The summed E-state index contributed by atoms with van der Waals surface area (Å²) in [5.41, 5.74) is 4.48. The lowest BCUT2D eigenvalue weighted by Crippen LogP contribution is -2.47. The van der Waals surface area contributed by atoms with Crippen LogP contribution in [0.5, 0.6) is 0 Å². The molecule has 0 fully saturated rings. The first-order valence-electron chi connectivity index (χ1n) is 11.1. The van der Waals surface area contributed by atoms with Crippen LogP contribution in [0.25, 0.3) is 11.1 Å². The number of hydrogen-bond acceptors (Lipinski definition) is 5. The molecule has 0 radical (unpaired) electrons. The van der Waals surface area contributed by atoms with Gasteiger partial charge in [-0.2, -0.15) is 0 Å². The summed E-state index contributed by atoms with van der Waals surface area (Å²) in [4.78, 5) is 37.4. The van der Waals surface area contributed by atoms with E-state index in [-0.39, 0.29) is 18.9 Å². The van der Waals surface area contributed by atoms with Gasteiger partial charge in [0.15, 0.2) is 0 Å². The fourth-order valence-corrected chi connectivity index (χ4v) is 5.07. The van der Waals surface area contributed by atoms with E-state index in [4.69, 9.17) is 4.74 Å². The molecule has 7 nitrogen and oxygen atoms in total. The molecule has 176 valence electrons. The average Bonchev–Trinajstić information content (AvgIpc) is 3.47. The summed E-state index contributed by atoms with van der Waals surface area (Å²) in [5, 5.41) is 16.4. The zero-order chi connectivity index (χ0) is 24.1. The largest absolute Gasteiger partial charge is 0.481 e. The molecule has 0 saturated heterocycles. The van der Waals surface area contributed by atoms with E-state index in [2.05, 4.69) is 22.8 Å². The Balaban J connectivity index is 1.38. The van der Waals surface area contributed by atoms with Crippen LogP contribution in [0.4, 0.5) is 4.79 Å². The number of thiophene rings is 1. The van der Waals surface area contributed by atoms with E-state index in [1.165, 1.54) is 11.3 Å². The van der Waals surface area contributed by atoms with Gasteiger partial charge in [0, 0.05) is 10.8 Å². The van der Waals surface area contributed by atoms with Crippen molar-refractivity contribution in [1.29, 1.82) is 0 Å². The smallest absolute Gasteiger partial charge is 0.407 e. The van der Waals surface area contributed by atoms with Gasteiger partial charge in [0.1, 0.15) is 12.6 Å². The number of carbonyl (C=O) groups is 3. The fraction of sp³-hybridized carbons (Fsp3) is 0.269. The van der Waals surface area contributed by atoms with Gasteiger partial charge in [-0.1, -0.05) is 61.5 Å². The van der Waals surface area contributed by atoms with Crippen molar-refractivity contribution in [1.82, 2.24) is 10.6 Å². The molecule has 8 heteroatoms. The Morgan fingerprint density at radius 2 is 1.62 bits per heavy atom. The zero-order valence-corrected chi connectivity index (χ0v) is 19.5. The number of carboxylic acid groups (broad SMARTS) is 1. The lowest BCUT2D eigenvalue weighted by Gasteiger charge is -2.22. The predicted octanol–water partition coefficient (Wildman–Crippen LogP) is 4.70. The Hall–Kier alpha value is -3.65. The molecule has 2 aromatic carbocycles. The predicted molar refractivity (Wildman–Crippen MR) is 130 cm³/mol. The fourth-order valence-electron chi connectivity index (χ4n) is 4.29. The van der Waals surface area contributed by atoms with Crippen molar-refractivity contribution in [2.45, 2.75) is 37.8 Å². The number of rotatable bonds is 9. The van der Waals surface area contributed by atoms with Crippen LogP contribution in [0, 0.1) is 0 Å². The first kappa shape index (κ1) is 23.5. The SMILES string of the molecule is CC[C@H](NC(=O)OCC1c2ccccc2-c2ccccc21)C(=O)NC(CC(=O)O)c1cccs1. The molecule has 0 bridgehead atoms. The summed E-state index contributed by atoms with van der Waals surface area (Å²) in [7, 11) is 0. The standard InChI is InChI=1S/C26H26N2O5S/c1-2-21(25(31)27-22(14-24(29)30)23-12-7-13-34-23)28-26(32)33-15-20-18-10-5-3-8-16(18)17-9-4-6-11-19(17)20/h3-13,20-22H,2,14-15H2,1H3,(H,27,31)(H,28,32)(H,29,30)/t21-,22?/m0/s1. The van der Waals surface area contributed by atoms with Crippen molar-refractivity contribution in [3.05, 3.63) is 82.0 Å². The first-order chi connectivity index (χ1) is 16.5. The molecule has 1 aromatic heterocycles. The molecule has 1 aliphatic carbocycles. The van der Waals surface area contributed by atoms with Crippen LogP contribution in [0.3, 0.4) is 0 Å². The maximum Gasteiger partial charge on any atom is 0.407 e. The third-order valence-corrected chi connectivity index (χ3v) is 6.93. The number of hydrogen-bond donors (Lipinski definition) is 3. The van der Waals surface area contributed by atoms with E-state index in [0.29, 0.717) is 6.42 Å². The molecule has 34 heavy (non-hydrogen) atoms. The van der Waals surface area contributed by atoms with E-state index in [0.717, 1.165) is 27.1 Å². The van der Waals surface area contributed by atoms with Gasteiger partial charge in [-0.15, -0.1) is 11.3 Å². The Labute approximate surface area is 201 Å². The van der Waals surface area contributed by atoms with Crippen molar-refractivity contribution in [3.8, 4) is 11.1 Å². The minimum Gasteiger partial charge on any atom is -0.481 e. The van der Waals surface area contributed by atoms with E-state index in [1.54, 1.807) is 19.1 Å². The summed E-state index contributed by atoms with van der Waals surface area (Å²) in [5.74, 6) is -1.54. The number of carboxylic acids is 1. The van der Waals surface area contributed by atoms with Gasteiger partial charge in [-0.25, -0.2) is 4.79 Å². The maximum atomic E-state index is 12.8. The number of fused-ring (bicyclic) bond motifs is 3. The Bertz CT molecular complexity index is 1130. The molecule has 1 unspecified atom stereocenters. The number of alkyl carbamates (subject to hydrolysis) is 1. The molecular weight excluding hydrogens is 452 g/mol. The number of aliphatic carboxylic acids is 1. The minimum atomic E-state index is -1.02. The van der Waals surface area contributed by atoms with Gasteiger partial charge in [0.2, 0.25) is 5.91 Å². The molecule has 0 saturated carbocycles. The summed E-state index contributed by atoms with van der Waals surface area (Å²) in [6, 6.07) is 18.2. The van der Waals surface area contributed by atoms with E-state index in [1.807, 2.05) is 41.8 Å². The highest BCUT2D eigenvalue weighted by atomic mass is 32.1. The second kappa shape index (κ2) is 10.5. The lowest BCUT2D eigenvalue weighted by atomic mass is 9.98. The summed E-state index contributed by atoms with van der Waals surface area (Å²) in [6.07, 6.45) is -0.594. The van der Waals surface area contributed by atoms with Crippen molar-refractivity contribution in [2.75, 3.05) is 6.61 Å². The van der Waals surface area contributed by atoms with Crippen LogP contribution < -0.4 is 10.6 Å². The molecule has 0 spiro atoms.